The quantitative estimate of drug-likeness (QED) is 0.663. The zero-order chi connectivity index (χ0) is 9.68. The van der Waals surface area contributed by atoms with Gasteiger partial charge in [0.05, 0.1) is 6.10 Å². The Kier molecular flexibility index (Phi) is 3.93. The Morgan fingerprint density at radius 3 is 2.15 bits per heavy atom. The Morgan fingerprint density at radius 2 is 1.69 bits per heavy atom. The van der Waals surface area contributed by atoms with E-state index in [1.165, 1.54) is 0 Å². The molecular formula is C11H16O2. The molecule has 0 saturated carbocycles. The molecule has 13 heavy (non-hydrogen) atoms. The third-order valence-corrected chi connectivity index (χ3v) is 1.68. The molecule has 0 aliphatic rings. The molecule has 1 aromatic carbocycles. The highest BCUT2D eigenvalue weighted by Gasteiger charge is 2.11. The van der Waals surface area contributed by atoms with E-state index in [0.29, 0.717) is 0 Å². The average molecular weight is 180 g/mol. The van der Waals surface area contributed by atoms with E-state index in [1.54, 1.807) is 7.11 Å². The monoisotopic (exact) mass is 180 g/mol. The van der Waals surface area contributed by atoms with Gasteiger partial charge in [0.25, 0.3) is 0 Å². The number of ether oxygens (including phenoxy) is 2. The highest BCUT2D eigenvalue weighted by atomic mass is 16.7. The van der Waals surface area contributed by atoms with E-state index in [1.807, 2.05) is 44.2 Å². The van der Waals surface area contributed by atoms with Crippen molar-refractivity contribution in [1.29, 1.82) is 0 Å². The Hall–Kier alpha value is -0.860. The maximum absolute atomic E-state index is 5.56. The fraction of sp³-hybridized carbons (Fsp3) is 0.455. The van der Waals surface area contributed by atoms with Gasteiger partial charge in [-0.25, -0.2) is 0 Å². The van der Waals surface area contributed by atoms with Crippen molar-refractivity contribution < 1.29 is 9.47 Å². The second-order valence-electron chi connectivity index (χ2n) is 3.16. The van der Waals surface area contributed by atoms with Gasteiger partial charge < -0.3 is 9.47 Å². The number of hydrogen-bond acceptors (Lipinski definition) is 2. The third kappa shape index (κ3) is 3.17. The van der Waals surface area contributed by atoms with Gasteiger partial charge in [0, 0.05) is 12.7 Å². The molecule has 2 nitrogen and oxygen atoms in total. The molecule has 0 fully saturated rings. The van der Waals surface area contributed by atoms with Gasteiger partial charge in [-0.1, -0.05) is 30.3 Å². The first-order valence-corrected chi connectivity index (χ1v) is 4.47. The van der Waals surface area contributed by atoms with Crippen LogP contribution in [0.3, 0.4) is 0 Å². The molecule has 0 aliphatic carbocycles. The van der Waals surface area contributed by atoms with Crippen LogP contribution in [0.5, 0.6) is 0 Å². The minimum absolute atomic E-state index is 0.171. The van der Waals surface area contributed by atoms with Crippen LogP contribution in [0.15, 0.2) is 30.3 Å². The van der Waals surface area contributed by atoms with Gasteiger partial charge in [0.2, 0.25) is 0 Å². The van der Waals surface area contributed by atoms with Gasteiger partial charge in [0.1, 0.15) is 0 Å². The molecule has 1 rings (SSSR count). The van der Waals surface area contributed by atoms with E-state index >= 15 is 0 Å². The summed E-state index contributed by atoms with van der Waals surface area (Å²) in [6, 6.07) is 9.93. The SMILES string of the molecule is COC(OC(C)C)c1ccccc1. The summed E-state index contributed by atoms with van der Waals surface area (Å²) in [6.07, 6.45) is -0.0774. The highest BCUT2D eigenvalue weighted by molar-refractivity contribution is 5.15. The van der Waals surface area contributed by atoms with Gasteiger partial charge in [-0.2, -0.15) is 0 Å². The fourth-order valence-electron chi connectivity index (χ4n) is 1.13. The number of hydrogen-bond donors (Lipinski definition) is 0. The van der Waals surface area contributed by atoms with Crippen LogP contribution < -0.4 is 0 Å². The first kappa shape index (κ1) is 10.2. The first-order chi connectivity index (χ1) is 6.24. The predicted molar refractivity (Wildman–Crippen MR) is 52.4 cm³/mol. The topological polar surface area (TPSA) is 18.5 Å². The lowest BCUT2D eigenvalue weighted by molar-refractivity contribution is -0.150. The number of rotatable bonds is 4. The lowest BCUT2D eigenvalue weighted by Gasteiger charge is -2.18. The van der Waals surface area contributed by atoms with Crippen molar-refractivity contribution in [2.75, 3.05) is 7.11 Å². The van der Waals surface area contributed by atoms with Crippen LogP contribution in [0.1, 0.15) is 25.7 Å². The Bertz CT molecular complexity index is 231. The van der Waals surface area contributed by atoms with Gasteiger partial charge in [-0.15, -0.1) is 0 Å². The van der Waals surface area contributed by atoms with E-state index < -0.39 is 0 Å². The largest absolute Gasteiger partial charge is 0.352 e. The standard InChI is InChI=1S/C11H16O2/c1-9(2)13-11(12-3)10-7-5-4-6-8-10/h4-9,11H,1-3H3. The predicted octanol–water partition coefficient (Wildman–Crippen LogP) is 2.76. The van der Waals surface area contributed by atoms with Crippen LogP contribution in [0, 0.1) is 0 Å². The summed E-state index contributed by atoms with van der Waals surface area (Å²) in [6.45, 7) is 3.99. The summed E-state index contributed by atoms with van der Waals surface area (Å²) in [4.78, 5) is 0. The van der Waals surface area contributed by atoms with Crippen LogP contribution in [0.4, 0.5) is 0 Å². The van der Waals surface area contributed by atoms with E-state index in [9.17, 15) is 0 Å². The van der Waals surface area contributed by atoms with Crippen molar-refractivity contribution >= 4 is 0 Å². The number of benzene rings is 1. The maximum atomic E-state index is 5.56. The van der Waals surface area contributed by atoms with Crippen LogP contribution in [-0.4, -0.2) is 13.2 Å². The molecule has 1 aromatic rings. The van der Waals surface area contributed by atoms with E-state index in [2.05, 4.69) is 0 Å². The fourth-order valence-corrected chi connectivity index (χ4v) is 1.13. The molecule has 0 spiro atoms. The zero-order valence-electron chi connectivity index (χ0n) is 8.36. The third-order valence-electron chi connectivity index (χ3n) is 1.68. The molecule has 72 valence electrons. The van der Waals surface area contributed by atoms with E-state index in [4.69, 9.17) is 9.47 Å². The molecule has 0 N–H and O–H groups in total. The lowest BCUT2D eigenvalue weighted by atomic mass is 10.2. The van der Waals surface area contributed by atoms with Crippen molar-refractivity contribution in [3.05, 3.63) is 35.9 Å². The van der Waals surface area contributed by atoms with E-state index in [-0.39, 0.29) is 12.4 Å². The van der Waals surface area contributed by atoms with Crippen molar-refractivity contribution in [3.8, 4) is 0 Å². The minimum Gasteiger partial charge on any atom is -0.352 e. The molecule has 0 aliphatic heterocycles. The van der Waals surface area contributed by atoms with Gasteiger partial charge in [-0.05, 0) is 13.8 Å². The van der Waals surface area contributed by atoms with E-state index in [0.717, 1.165) is 5.56 Å². The second kappa shape index (κ2) is 5.00. The van der Waals surface area contributed by atoms with Gasteiger partial charge >= 0.3 is 0 Å². The summed E-state index contributed by atoms with van der Waals surface area (Å²) in [5.74, 6) is 0. The molecule has 0 bridgehead atoms. The normalized spacial score (nSPS) is 13.2. The molecule has 0 amide bonds. The molecule has 1 unspecified atom stereocenters. The molecule has 1 atom stereocenters. The van der Waals surface area contributed by atoms with Crippen molar-refractivity contribution in [3.63, 3.8) is 0 Å². The molecule has 0 heterocycles. The Labute approximate surface area is 79.5 Å². The van der Waals surface area contributed by atoms with Crippen molar-refractivity contribution in [2.45, 2.75) is 26.2 Å². The molecular weight excluding hydrogens is 164 g/mol. The van der Waals surface area contributed by atoms with Crippen LogP contribution in [-0.2, 0) is 9.47 Å². The Morgan fingerprint density at radius 1 is 1.08 bits per heavy atom. The van der Waals surface area contributed by atoms with Crippen LogP contribution >= 0.6 is 0 Å². The zero-order valence-corrected chi connectivity index (χ0v) is 8.36. The molecule has 0 saturated heterocycles. The van der Waals surface area contributed by atoms with Gasteiger partial charge in [0.15, 0.2) is 6.29 Å². The van der Waals surface area contributed by atoms with Crippen molar-refractivity contribution in [2.24, 2.45) is 0 Å². The first-order valence-electron chi connectivity index (χ1n) is 4.47. The summed E-state index contributed by atoms with van der Waals surface area (Å²) >= 11 is 0. The minimum atomic E-state index is -0.249. The molecule has 0 radical (unpaired) electrons. The average Bonchev–Trinajstić information content (AvgIpc) is 2.15. The summed E-state index contributed by atoms with van der Waals surface area (Å²) in [5, 5.41) is 0. The van der Waals surface area contributed by atoms with Gasteiger partial charge in [-0.3, -0.25) is 0 Å². The Balaban J connectivity index is 2.67. The summed E-state index contributed by atoms with van der Waals surface area (Å²) in [7, 11) is 1.65. The summed E-state index contributed by atoms with van der Waals surface area (Å²) in [5.41, 5.74) is 1.05. The number of methoxy groups -OCH3 is 1. The van der Waals surface area contributed by atoms with Crippen molar-refractivity contribution in [1.82, 2.24) is 0 Å². The molecule has 2 heteroatoms. The van der Waals surface area contributed by atoms with Crippen LogP contribution in [0.25, 0.3) is 0 Å². The molecule has 0 aromatic heterocycles. The maximum Gasteiger partial charge on any atom is 0.183 e. The highest BCUT2D eigenvalue weighted by Crippen LogP contribution is 2.18. The second-order valence-corrected chi connectivity index (χ2v) is 3.16. The lowest BCUT2D eigenvalue weighted by Crippen LogP contribution is -2.12. The van der Waals surface area contributed by atoms with Crippen LogP contribution in [0.2, 0.25) is 0 Å². The smallest absolute Gasteiger partial charge is 0.183 e. The summed E-state index contributed by atoms with van der Waals surface area (Å²) < 4.78 is 10.8.